The van der Waals surface area contributed by atoms with Crippen LogP contribution in [0.2, 0.25) is 0 Å². The van der Waals surface area contributed by atoms with Crippen LogP contribution in [0, 0.1) is 6.92 Å². The topological polar surface area (TPSA) is 113 Å². The van der Waals surface area contributed by atoms with Crippen molar-refractivity contribution in [1.82, 2.24) is 19.1 Å². The third kappa shape index (κ3) is 3.79. The van der Waals surface area contributed by atoms with Gasteiger partial charge in [0.15, 0.2) is 5.82 Å². The van der Waals surface area contributed by atoms with E-state index in [0.29, 0.717) is 24.6 Å². The number of benzene rings is 1. The number of hydrogen-bond donors (Lipinski definition) is 3. The highest BCUT2D eigenvalue weighted by Crippen LogP contribution is 2.27. The van der Waals surface area contributed by atoms with E-state index in [1.54, 1.807) is 24.3 Å². The Bertz CT molecular complexity index is 1010. The number of carbonyl (C=O) groups is 1. The summed E-state index contributed by atoms with van der Waals surface area (Å²) in [5, 5.41) is 19.3. The van der Waals surface area contributed by atoms with E-state index in [1.807, 2.05) is 24.6 Å². The van der Waals surface area contributed by atoms with Crippen molar-refractivity contribution >= 4 is 5.97 Å². The lowest BCUT2D eigenvalue weighted by molar-refractivity contribution is 0.0697. The van der Waals surface area contributed by atoms with Gasteiger partial charge in [0.25, 0.3) is 0 Å². The molecule has 0 saturated heterocycles. The molecule has 0 aliphatic heterocycles. The predicted molar refractivity (Wildman–Crippen MR) is 100 cm³/mol. The minimum atomic E-state index is -0.974. The number of aromatic nitrogens is 4. The number of nitrogens with zero attached hydrogens (tertiary/aromatic N) is 3. The second-order valence-electron chi connectivity index (χ2n) is 6.47. The molecule has 0 aliphatic carbocycles. The van der Waals surface area contributed by atoms with Crippen LogP contribution in [0.5, 0.6) is 5.88 Å². The lowest BCUT2D eigenvalue weighted by Gasteiger charge is -2.10. The van der Waals surface area contributed by atoms with Crippen LogP contribution in [0.3, 0.4) is 0 Å². The minimum absolute atomic E-state index is 0.204. The van der Waals surface area contributed by atoms with Crippen LogP contribution in [0.4, 0.5) is 0 Å². The largest absolute Gasteiger partial charge is 0.493 e. The van der Waals surface area contributed by atoms with Crippen LogP contribution in [0.1, 0.15) is 41.4 Å². The Morgan fingerprint density at radius 3 is 2.59 bits per heavy atom. The molecular weight excluding hydrogens is 348 g/mol. The lowest BCUT2D eigenvalue weighted by atomic mass is 10.1. The van der Waals surface area contributed by atoms with E-state index >= 15 is 0 Å². The average Bonchev–Trinajstić information content (AvgIpc) is 3.11. The molecule has 2 heterocycles. The molecule has 3 N–H and O–H groups in total. The van der Waals surface area contributed by atoms with Gasteiger partial charge in [0, 0.05) is 19.3 Å². The molecule has 142 valence electrons. The summed E-state index contributed by atoms with van der Waals surface area (Å²) < 4.78 is 3.35. The van der Waals surface area contributed by atoms with Crippen molar-refractivity contribution < 1.29 is 15.0 Å². The van der Waals surface area contributed by atoms with Crippen molar-refractivity contribution in [3.8, 4) is 17.4 Å². The van der Waals surface area contributed by atoms with E-state index < -0.39 is 5.97 Å². The maximum atomic E-state index is 12.2. The van der Waals surface area contributed by atoms with Gasteiger partial charge in [-0.05, 0) is 31.0 Å². The first kappa shape index (κ1) is 18.5. The Morgan fingerprint density at radius 1 is 1.26 bits per heavy atom. The number of unbranched alkanes of at least 4 members (excludes halogenated alkanes) is 1. The number of aromatic amines is 1. The Kier molecular flexibility index (Phi) is 5.16. The number of hydrogen-bond acceptors (Lipinski definition) is 4. The summed E-state index contributed by atoms with van der Waals surface area (Å²) in [4.78, 5) is 30.1. The van der Waals surface area contributed by atoms with E-state index in [0.717, 1.165) is 24.1 Å². The van der Waals surface area contributed by atoms with E-state index in [1.165, 1.54) is 4.57 Å². The SMILES string of the molecule is CCCCn1c(-c2nc(C)cn2Cc2ccc(C(=O)O)cc2)c(O)[nH]c1=O. The van der Waals surface area contributed by atoms with E-state index in [2.05, 4.69) is 9.97 Å². The summed E-state index contributed by atoms with van der Waals surface area (Å²) >= 11 is 0. The van der Waals surface area contributed by atoms with E-state index in [9.17, 15) is 14.7 Å². The standard InChI is InChI=1S/C19H22N4O4/c1-3-4-9-23-15(17(24)21-19(23)27)16-20-12(2)10-22(16)11-13-5-7-14(8-6-13)18(25)26/h5-8,10,24H,3-4,9,11H2,1-2H3,(H,21,27)(H,25,26). The predicted octanol–water partition coefficient (Wildman–Crippen LogP) is 2.60. The summed E-state index contributed by atoms with van der Waals surface area (Å²) in [6, 6.07) is 6.57. The van der Waals surface area contributed by atoms with Gasteiger partial charge < -0.3 is 14.8 Å². The number of carboxylic acids is 1. The van der Waals surface area contributed by atoms with Gasteiger partial charge in [0.1, 0.15) is 5.69 Å². The van der Waals surface area contributed by atoms with Gasteiger partial charge in [-0.3, -0.25) is 9.55 Å². The van der Waals surface area contributed by atoms with E-state index in [-0.39, 0.29) is 17.1 Å². The van der Waals surface area contributed by atoms with Crippen molar-refractivity contribution in [2.75, 3.05) is 0 Å². The number of carboxylic acid groups (broad SMARTS) is 1. The van der Waals surface area contributed by atoms with Crippen molar-refractivity contribution in [2.45, 2.75) is 39.8 Å². The number of imidazole rings is 2. The number of H-pyrrole nitrogens is 1. The maximum Gasteiger partial charge on any atom is 0.335 e. The first-order valence-corrected chi connectivity index (χ1v) is 8.78. The fourth-order valence-electron chi connectivity index (χ4n) is 3.02. The number of aromatic carboxylic acids is 1. The zero-order chi connectivity index (χ0) is 19.6. The molecule has 3 aromatic rings. The van der Waals surface area contributed by atoms with Gasteiger partial charge in [-0.15, -0.1) is 0 Å². The summed E-state index contributed by atoms with van der Waals surface area (Å²) in [5.74, 6) is -0.691. The normalized spacial score (nSPS) is 11.0. The van der Waals surface area contributed by atoms with Crippen LogP contribution in [-0.2, 0) is 13.1 Å². The quantitative estimate of drug-likeness (QED) is 0.592. The number of nitrogens with one attached hydrogen (secondary N) is 1. The van der Waals surface area contributed by atoms with Crippen LogP contribution in [0.25, 0.3) is 11.5 Å². The molecule has 0 saturated carbocycles. The molecule has 0 radical (unpaired) electrons. The third-order valence-corrected chi connectivity index (χ3v) is 4.36. The summed E-state index contributed by atoms with van der Waals surface area (Å²) in [6.07, 6.45) is 3.56. The molecule has 0 unspecified atom stereocenters. The van der Waals surface area contributed by atoms with Crippen LogP contribution in [-0.4, -0.2) is 35.3 Å². The molecule has 0 fully saturated rings. The van der Waals surface area contributed by atoms with Crippen LogP contribution < -0.4 is 5.69 Å². The molecule has 3 rings (SSSR count). The van der Waals surface area contributed by atoms with Gasteiger partial charge in [0.2, 0.25) is 5.88 Å². The van der Waals surface area contributed by atoms with Gasteiger partial charge in [-0.2, -0.15) is 0 Å². The first-order chi connectivity index (χ1) is 12.9. The maximum absolute atomic E-state index is 12.2. The average molecular weight is 370 g/mol. The second kappa shape index (κ2) is 7.53. The molecule has 0 spiro atoms. The number of rotatable bonds is 7. The van der Waals surface area contributed by atoms with Crippen molar-refractivity contribution in [1.29, 1.82) is 0 Å². The molecule has 27 heavy (non-hydrogen) atoms. The summed E-state index contributed by atoms with van der Waals surface area (Å²) in [6.45, 7) is 4.79. The lowest BCUT2D eigenvalue weighted by Crippen LogP contribution is -2.18. The first-order valence-electron chi connectivity index (χ1n) is 8.78. The zero-order valence-corrected chi connectivity index (χ0v) is 15.3. The molecule has 0 atom stereocenters. The Hall–Kier alpha value is -3.29. The second-order valence-corrected chi connectivity index (χ2v) is 6.47. The summed E-state index contributed by atoms with van der Waals surface area (Å²) in [5.41, 5.74) is 1.86. The van der Waals surface area contributed by atoms with Crippen molar-refractivity contribution in [3.05, 3.63) is 57.8 Å². The molecule has 0 aliphatic rings. The molecule has 0 amide bonds. The zero-order valence-electron chi connectivity index (χ0n) is 15.3. The molecular formula is C19H22N4O4. The van der Waals surface area contributed by atoms with Crippen molar-refractivity contribution in [2.24, 2.45) is 0 Å². The fraction of sp³-hybridized carbons (Fsp3) is 0.316. The minimum Gasteiger partial charge on any atom is -0.493 e. The highest BCUT2D eigenvalue weighted by molar-refractivity contribution is 5.87. The molecule has 8 nitrogen and oxygen atoms in total. The molecule has 1 aromatic carbocycles. The summed E-state index contributed by atoms with van der Waals surface area (Å²) in [7, 11) is 0. The Balaban J connectivity index is 2.00. The fourth-order valence-corrected chi connectivity index (χ4v) is 3.02. The molecule has 0 bridgehead atoms. The van der Waals surface area contributed by atoms with Crippen LogP contribution in [0.15, 0.2) is 35.3 Å². The smallest absolute Gasteiger partial charge is 0.335 e. The van der Waals surface area contributed by atoms with Crippen molar-refractivity contribution in [3.63, 3.8) is 0 Å². The highest BCUT2D eigenvalue weighted by atomic mass is 16.4. The van der Waals surface area contributed by atoms with Gasteiger partial charge >= 0.3 is 11.7 Å². The highest BCUT2D eigenvalue weighted by Gasteiger charge is 2.20. The number of aryl methyl sites for hydroxylation is 1. The van der Waals surface area contributed by atoms with Gasteiger partial charge in [-0.25, -0.2) is 14.6 Å². The Morgan fingerprint density at radius 2 is 1.96 bits per heavy atom. The van der Waals surface area contributed by atoms with Gasteiger partial charge in [0.05, 0.1) is 11.3 Å². The molecule has 2 aromatic heterocycles. The number of aromatic hydroxyl groups is 1. The van der Waals surface area contributed by atoms with Crippen LogP contribution >= 0.6 is 0 Å². The monoisotopic (exact) mass is 370 g/mol. The van der Waals surface area contributed by atoms with Gasteiger partial charge in [-0.1, -0.05) is 25.5 Å². The van der Waals surface area contributed by atoms with E-state index in [4.69, 9.17) is 5.11 Å². The molecule has 8 heteroatoms. The Labute approximate surface area is 155 Å². The third-order valence-electron chi connectivity index (χ3n) is 4.36.